The van der Waals surface area contributed by atoms with E-state index in [4.69, 9.17) is 5.73 Å². The van der Waals surface area contributed by atoms with Crippen LogP contribution in [0, 0.1) is 0 Å². The molecule has 0 spiro atoms. The molecule has 1 saturated heterocycles. The Balaban J connectivity index is 1.97. The van der Waals surface area contributed by atoms with Crippen molar-refractivity contribution < 1.29 is 0 Å². The largest absolute Gasteiger partial charge is 0.326 e. The van der Waals surface area contributed by atoms with Gasteiger partial charge in [0.2, 0.25) is 0 Å². The van der Waals surface area contributed by atoms with Gasteiger partial charge in [0.05, 0.1) is 0 Å². The number of hydrogen-bond donors (Lipinski definition) is 1. The molecule has 76 valence electrons. The fourth-order valence-corrected chi connectivity index (χ4v) is 2.35. The Kier molecular flexibility index (Phi) is 3.21. The number of nitrogens with two attached hydrogens (primary N) is 1. The van der Waals surface area contributed by atoms with Crippen LogP contribution in [0.3, 0.4) is 0 Å². The first-order chi connectivity index (χ1) is 6.74. The lowest BCUT2D eigenvalue weighted by molar-refractivity contribution is 0.327. The average Bonchev–Trinajstić information content (AvgIpc) is 2.51. The van der Waals surface area contributed by atoms with Crippen LogP contribution in [0.2, 0.25) is 0 Å². The molecule has 0 aliphatic carbocycles. The third kappa shape index (κ3) is 2.56. The van der Waals surface area contributed by atoms with Gasteiger partial charge in [0, 0.05) is 30.1 Å². The molecule has 0 amide bonds. The summed E-state index contributed by atoms with van der Waals surface area (Å²) in [5.74, 6) is 0. The number of rotatable bonds is 2. The summed E-state index contributed by atoms with van der Waals surface area (Å²) in [6, 6.07) is 8.84. The van der Waals surface area contributed by atoms with E-state index in [2.05, 4.69) is 45.1 Å². The summed E-state index contributed by atoms with van der Waals surface area (Å²) in [6.07, 6.45) is 1.13. The SMILES string of the molecule is NC1CCN(Cc2cccc(Br)c2)C1. The molecule has 0 aromatic heterocycles. The zero-order valence-corrected chi connectivity index (χ0v) is 9.70. The molecule has 1 fully saturated rings. The van der Waals surface area contributed by atoms with Crippen LogP contribution in [0.15, 0.2) is 28.7 Å². The van der Waals surface area contributed by atoms with Gasteiger partial charge < -0.3 is 5.73 Å². The summed E-state index contributed by atoms with van der Waals surface area (Å²) >= 11 is 3.48. The third-order valence-electron chi connectivity index (χ3n) is 2.60. The van der Waals surface area contributed by atoms with Crippen LogP contribution in [0.5, 0.6) is 0 Å². The van der Waals surface area contributed by atoms with Crippen LogP contribution in [0.4, 0.5) is 0 Å². The van der Waals surface area contributed by atoms with E-state index in [0.717, 1.165) is 30.5 Å². The molecular weight excluding hydrogens is 240 g/mol. The molecule has 1 aliphatic heterocycles. The number of nitrogens with zero attached hydrogens (tertiary/aromatic N) is 1. The molecule has 2 N–H and O–H groups in total. The molecule has 1 aliphatic rings. The maximum atomic E-state index is 5.86. The monoisotopic (exact) mass is 254 g/mol. The molecule has 1 aromatic carbocycles. The number of halogens is 1. The van der Waals surface area contributed by atoms with E-state index in [9.17, 15) is 0 Å². The van der Waals surface area contributed by atoms with Crippen LogP contribution < -0.4 is 5.73 Å². The molecule has 0 saturated carbocycles. The second kappa shape index (κ2) is 4.43. The van der Waals surface area contributed by atoms with Crippen molar-refractivity contribution in [3.05, 3.63) is 34.3 Å². The number of benzene rings is 1. The van der Waals surface area contributed by atoms with E-state index in [0.29, 0.717) is 6.04 Å². The van der Waals surface area contributed by atoms with E-state index in [1.54, 1.807) is 0 Å². The Morgan fingerprint density at radius 3 is 3.00 bits per heavy atom. The molecule has 2 nitrogen and oxygen atoms in total. The van der Waals surface area contributed by atoms with Gasteiger partial charge in [-0.25, -0.2) is 0 Å². The van der Waals surface area contributed by atoms with Crippen molar-refractivity contribution in [1.82, 2.24) is 4.90 Å². The van der Waals surface area contributed by atoms with Gasteiger partial charge >= 0.3 is 0 Å². The summed E-state index contributed by atoms with van der Waals surface area (Å²) in [7, 11) is 0. The topological polar surface area (TPSA) is 29.3 Å². The highest BCUT2D eigenvalue weighted by Crippen LogP contribution is 2.16. The lowest BCUT2D eigenvalue weighted by Crippen LogP contribution is -2.26. The molecule has 14 heavy (non-hydrogen) atoms. The lowest BCUT2D eigenvalue weighted by Gasteiger charge is -2.15. The van der Waals surface area contributed by atoms with Crippen LogP contribution in [0.1, 0.15) is 12.0 Å². The fourth-order valence-electron chi connectivity index (χ4n) is 1.90. The molecule has 2 rings (SSSR count). The Morgan fingerprint density at radius 2 is 2.36 bits per heavy atom. The standard InChI is InChI=1S/C11H15BrN2/c12-10-3-1-2-9(6-10)7-14-5-4-11(13)8-14/h1-3,6,11H,4-5,7-8,13H2. The smallest absolute Gasteiger partial charge is 0.0234 e. The molecule has 1 aromatic rings. The van der Waals surface area contributed by atoms with Crippen LogP contribution >= 0.6 is 15.9 Å². The average molecular weight is 255 g/mol. The van der Waals surface area contributed by atoms with Gasteiger partial charge in [-0.05, 0) is 24.1 Å². The van der Waals surface area contributed by atoms with Gasteiger partial charge in [-0.15, -0.1) is 0 Å². The summed E-state index contributed by atoms with van der Waals surface area (Å²) in [5.41, 5.74) is 7.21. The summed E-state index contributed by atoms with van der Waals surface area (Å²) < 4.78 is 1.15. The summed E-state index contributed by atoms with van der Waals surface area (Å²) in [6.45, 7) is 3.19. The highest BCUT2D eigenvalue weighted by atomic mass is 79.9. The fraction of sp³-hybridized carbons (Fsp3) is 0.455. The minimum absolute atomic E-state index is 0.377. The first-order valence-corrected chi connectivity index (χ1v) is 5.76. The maximum Gasteiger partial charge on any atom is 0.0234 e. The van der Waals surface area contributed by atoms with Crippen LogP contribution in [0.25, 0.3) is 0 Å². The van der Waals surface area contributed by atoms with Crippen LogP contribution in [-0.2, 0) is 6.54 Å². The van der Waals surface area contributed by atoms with Gasteiger partial charge in [-0.1, -0.05) is 28.1 Å². The third-order valence-corrected chi connectivity index (χ3v) is 3.10. The highest BCUT2D eigenvalue weighted by Gasteiger charge is 2.18. The normalized spacial score (nSPS) is 22.9. The van der Waals surface area contributed by atoms with Crippen molar-refractivity contribution in [3.8, 4) is 0 Å². The van der Waals surface area contributed by atoms with Crippen molar-refractivity contribution in [2.24, 2.45) is 5.73 Å². The quantitative estimate of drug-likeness (QED) is 0.875. The van der Waals surface area contributed by atoms with E-state index in [-0.39, 0.29) is 0 Å². The molecule has 0 bridgehead atoms. The Hall–Kier alpha value is -0.380. The van der Waals surface area contributed by atoms with Crippen molar-refractivity contribution >= 4 is 15.9 Å². The maximum absolute atomic E-state index is 5.86. The van der Waals surface area contributed by atoms with Gasteiger partial charge in [0.25, 0.3) is 0 Å². The van der Waals surface area contributed by atoms with Gasteiger partial charge in [0.15, 0.2) is 0 Å². The zero-order valence-electron chi connectivity index (χ0n) is 8.12. The summed E-state index contributed by atoms with van der Waals surface area (Å²) in [4.78, 5) is 2.41. The van der Waals surface area contributed by atoms with Crippen molar-refractivity contribution in [2.75, 3.05) is 13.1 Å². The Bertz CT molecular complexity index is 314. The van der Waals surface area contributed by atoms with Crippen molar-refractivity contribution in [3.63, 3.8) is 0 Å². The molecule has 1 unspecified atom stereocenters. The first-order valence-electron chi connectivity index (χ1n) is 4.96. The van der Waals surface area contributed by atoms with Crippen molar-refractivity contribution in [2.45, 2.75) is 19.0 Å². The van der Waals surface area contributed by atoms with Crippen molar-refractivity contribution in [1.29, 1.82) is 0 Å². The molecule has 0 radical (unpaired) electrons. The second-order valence-electron chi connectivity index (χ2n) is 3.91. The Morgan fingerprint density at radius 1 is 1.50 bits per heavy atom. The van der Waals surface area contributed by atoms with Gasteiger partial charge in [0.1, 0.15) is 0 Å². The van der Waals surface area contributed by atoms with E-state index in [1.165, 1.54) is 5.56 Å². The van der Waals surface area contributed by atoms with E-state index < -0.39 is 0 Å². The van der Waals surface area contributed by atoms with Gasteiger partial charge in [-0.3, -0.25) is 4.90 Å². The predicted octanol–water partition coefficient (Wildman–Crippen LogP) is 1.98. The van der Waals surface area contributed by atoms with E-state index >= 15 is 0 Å². The Labute approximate surface area is 93.2 Å². The van der Waals surface area contributed by atoms with E-state index in [1.807, 2.05) is 0 Å². The molecule has 1 heterocycles. The molecule has 1 atom stereocenters. The minimum Gasteiger partial charge on any atom is -0.326 e. The zero-order chi connectivity index (χ0) is 9.97. The lowest BCUT2D eigenvalue weighted by atomic mass is 10.2. The number of hydrogen-bond acceptors (Lipinski definition) is 2. The van der Waals surface area contributed by atoms with Gasteiger partial charge in [-0.2, -0.15) is 0 Å². The molecule has 3 heteroatoms. The highest BCUT2D eigenvalue weighted by molar-refractivity contribution is 9.10. The first kappa shape index (κ1) is 10.1. The second-order valence-corrected chi connectivity index (χ2v) is 4.83. The van der Waals surface area contributed by atoms with Crippen LogP contribution in [-0.4, -0.2) is 24.0 Å². The number of likely N-dealkylation sites (tertiary alicyclic amines) is 1. The molecular formula is C11H15BrN2. The summed E-state index contributed by atoms with van der Waals surface area (Å²) in [5, 5.41) is 0. The predicted molar refractivity (Wildman–Crippen MR) is 62.0 cm³/mol. The minimum atomic E-state index is 0.377.